The number of ether oxygens (including phenoxy) is 1. The van der Waals surface area contributed by atoms with E-state index < -0.39 is 0 Å². The molecule has 3 heterocycles. The van der Waals surface area contributed by atoms with Gasteiger partial charge in [-0.2, -0.15) is 0 Å². The number of hydrogen-bond acceptors (Lipinski definition) is 6. The number of halogens is 1. The summed E-state index contributed by atoms with van der Waals surface area (Å²) in [5, 5.41) is 1.02. The number of hydrogen-bond donors (Lipinski definition) is 0. The minimum absolute atomic E-state index is 0.279. The maximum Gasteiger partial charge on any atom is 0.165 e. The molecule has 2 aromatic heterocycles. The molecule has 0 aliphatic carbocycles. The predicted molar refractivity (Wildman–Crippen MR) is 102 cm³/mol. The first-order valence-electron chi connectivity index (χ1n) is 9.02. The van der Waals surface area contributed by atoms with Crippen LogP contribution in [0.5, 0.6) is 5.75 Å². The highest BCUT2D eigenvalue weighted by molar-refractivity contribution is 5.88. The highest BCUT2D eigenvalue weighted by Gasteiger charge is 2.25. The third-order valence-electron chi connectivity index (χ3n) is 5.08. The molecule has 0 bridgehead atoms. The van der Waals surface area contributed by atoms with Crippen molar-refractivity contribution < 1.29 is 9.13 Å². The number of fused-ring (bicyclic) bond motifs is 1. The molecule has 0 N–H and O–H groups in total. The second-order valence-corrected chi connectivity index (χ2v) is 6.82. The Balaban J connectivity index is 1.48. The summed E-state index contributed by atoms with van der Waals surface area (Å²) in [5.41, 5.74) is 1.80. The summed E-state index contributed by atoms with van der Waals surface area (Å²) in [6.45, 7) is 5.50. The molecule has 7 heteroatoms. The number of piperazine rings is 1. The third kappa shape index (κ3) is 3.55. The summed E-state index contributed by atoms with van der Waals surface area (Å²) in [6.07, 6.45) is 5.13. The molecule has 27 heavy (non-hydrogen) atoms. The summed E-state index contributed by atoms with van der Waals surface area (Å²) in [6, 6.07) is 7.44. The fourth-order valence-electron chi connectivity index (χ4n) is 3.61. The van der Waals surface area contributed by atoms with E-state index in [0.717, 1.165) is 41.9 Å². The fraction of sp³-hybridized carbons (Fsp3) is 0.350. The Morgan fingerprint density at radius 1 is 1.22 bits per heavy atom. The smallest absolute Gasteiger partial charge is 0.165 e. The Hall–Kier alpha value is -2.80. The summed E-state index contributed by atoms with van der Waals surface area (Å²) in [7, 11) is 1.48. The summed E-state index contributed by atoms with van der Waals surface area (Å²) < 4.78 is 19.0. The predicted octanol–water partition coefficient (Wildman–Crippen LogP) is 2.88. The van der Waals surface area contributed by atoms with Gasteiger partial charge >= 0.3 is 0 Å². The van der Waals surface area contributed by atoms with Crippen LogP contribution < -0.4 is 9.64 Å². The Labute approximate surface area is 157 Å². The van der Waals surface area contributed by atoms with Crippen LogP contribution in [0.1, 0.15) is 12.5 Å². The minimum Gasteiger partial charge on any atom is -0.494 e. The van der Waals surface area contributed by atoms with Gasteiger partial charge in [-0.3, -0.25) is 9.88 Å². The van der Waals surface area contributed by atoms with Crippen molar-refractivity contribution in [3.63, 3.8) is 0 Å². The second kappa shape index (κ2) is 7.44. The quantitative estimate of drug-likeness (QED) is 0.707. The molecule has 140 valence electrons. The van der Waals surface area contributed by atoms with Crippen molar-refractivity contribution in [3.8, 4) is 5.75 Å². The summed E-state index contributed by atoms with van der Waals surface area (Å²) in [4.78, 5) is 17.6. The summed E-state index contributed by atoms with van der Waals surface area (Å²) >= 11 is 0. The molecule has 1 aliphatic rings. The summed E-state index contributed by atoms with van der Waals surface area (Å²) in [5.74, 6) is 0.911. The highest BCUT2D eigenvalue weighted by Crippen LogP contribution is 2.25. The molecule has 1 atom stereocenters. The van der Waals surface area contributed by atoms with Gasteiger partial charge in [0.25, 0.3) is 0 Å². The molecule has 0 radical (unpaired) electrons. The Kier molecular flexibility index (Phi) is 4.85. The van der Waals surface area contributed by atoms with Gasteiger partial charge in [0.1, 0.15) is 12.1 Å². The molecule has 3 aromatic rings. The van der Waals surface area contributed by atoms with Gasteiger partial charge in [-0.1, -0.05) is 6.07 Å². The van der Waals surface area contributed by atoms with Crippen molar-refractivity contribution in [1.29, 1.82) is 0 Å². The van der Waals surface area contributed by atoms with Crippen molar-refractivity contribution >= 4 is 16.7 Å². The Morgan fingerprint density at radius 3 is 2.89 bits per heavy atom. The fourth-order valence-corrected chi connectivity index (χ4v) is 3.61. The lowest BCUT2D eigenvalue weighted by Gasteiger charge is -2.40. The molecule has 0 spiro atoms. The monoisotopic (exact) mass is 367 g/mol. The molecule has 4 rings (SSSR count). The largest absolute Gasteiger partial charge is 0.494 e. The van der Waals surface area contributed by atoms with Crippen LogP contribution in [-0.4, -0.2) is 52.6 Å². The SMILES string of the molecule is COc1ccc(CN2CCN(c3ncnc4cnccc34)CC2C)cc1F. The number of nitrogens with zero attached hydrogens (tertiary/aromatic N) is 5. The number of pyridine rings is 1. The standard InChI is InChI=1S/C20H22FN5O/c1-14-11-26(20-16-5-6-22-10-18(16)23-13-24-20)8-7-25(14)12-15-3-4-19(27-2)17(21)9-15/h3-6,9-10,13-14H,7-8,11-12H2,1-2H3. The van der Waals surface area contributed by atoms with Crippen molar-refractivity contribution in [1.82, 2.24) is 19.9 Å². The van der Waals surface area contributed by atoms with Crippen molar-refractivity contribution in [2.45, 2.75) is 19.5 Å². The second-order valence-electron chi connectivity index (χ2n) is 6.82. The normalized spacial score (nSPS) is 18.0. The van der Waals surface area contributed by atoms with Gasteiger partial charge < -0.3 is 9.64 Å². The van der Waals surface area contributed by atoms with Crippen LogP contribution in [0.4, 0.5) is 10.2 Å². The van der Waals surface area contributed by atoms with E-state index in [2.05, 4.69) is 31.7 Å². The molecule has 1 unspecified atom stereocenters. The van der Waals surface area contributed by atoms with E-state index in [1.165, 1.54) is 7.11 Å². The number of rotatable bonds is 4. The lowest BCUT2D eigenvalue weighted by atomic mass is 10.1. The first-order valence-corrected chi connectivity index (χ1v) is 9.02. The van der Waals surface area contributed by atoms with Crippen LogP contribution in [0, 0.1) is 5.82 Å². The molecule has 0 saturated carbocycles. The van der Waals surface area contributed by atoms with Crippen LogP contribution in [0.2, 0.25) is 0 Å². The molecule has 6 nitrogen and oxygen atoms in total. The molecule has 1 saturated heterocycles. The number of anilines is 1. The van der Waals surface area contributed by atoms with Gasteiger partial charge in [-0.05, 0) is 30.7 Å². The molecular weight excluding hydrogens is 345 g/mol. The third-order valence-corrected chi connectivity index (χ3v) is 5.08. The molecule has 1 aromatic carbocycles. The average Bonchev–Trinajstić information content (AvgIpc) is 2.69. The Bertz CT molecular complexity index is 945. The average molecular weight is 367 g/mol. The van der Waals surface area contributed by atoms with Gasteiger partial charge in [0.2, 0.25) is 0 Å². The maximum atomic E-state index is 14.0. The first-order chi connectivity index (χ1) is 13.2. The van der Waals surface area contributed by atoms with Crippen LogP contribution in [0.15, 0.2) is 43.0 Å². The van der Waals surface area contributed by atoms with Gasteiger partial charge in [-0.25, -0.2) is 14.4 Å². The van der Waals surface area contributed by atoms with Gasteiger partial charge in [0.15, 0.2) is 11.6 Å². The van der Waals surface area contributed by atoms with Gasteiger partial charge in [0.05, 0.1) is 18.8 Å². The van der Waals surface area contributed by atoms with E-state index in [1.807, 2.05) is 12.1 Å². The zero-order valence-corrected chi connectivity index (χ0v) is 15.5. The van der Waals surface area contributed by atoms with E-state index >= 15 is 0 Å². The zero-order valence-electron chi connectivity index (χ0n) is 15.5. The van der Waals surface area contributed by atoms with Gasteiger partial charge in [0, 0.05) is 43.8 Å². The minimum atomic E-state index is -0.317. The molecular formula is C20H22FN5O. The zero-order chi connectivity index (χ0) is 18.8. The van der Waals surface area contributed by atoms with Crippen molar-refractivity contribution in [2.75, 3.05) is 31.6 Å². The number of aromatic nitrogens is 3. The molecule has 1 aliphatic heterocycles. The molecule has 1 fully saturated rings. The number of benzene rings is 1. The molecule has 0 amide bonds. The van der Waals surface area contributed by atoms with Crippen molar-refractivity contribution in [2.24, 2.45) is 0 Å². The van der Waals surface area contributed by atoms with Crippen LogP contribution in [0.25, 0.3) is 10.9 Å². The topological polar surface area (TPSA) is 54.4 Å². The number of methoxy groups -OCH3 is 1. The Morgan fingerprint density at radius 2 is 2.11 bits per heavy atom. The van der Waals surface area contributed by atoms with E-state index in [9.17, 15) is 4.39 Å². The highest BCUT2D eigenvalue weighted by atomic mass is 19.1. The van der Waals surface area contributed by atoms with E-state index in [4.69, 9.17) is 4.74 Å². The van der Waals surface area contributed by atoms with E-state index in [0.29, 0.717) is 12.6 Å². The van der Waals surface area contributed by atoms with Crippen LogP contribution >= 0.6 is 0 Å². The first kappa shape index (κ1) is 17.6. The lowest BCUT2D eigenvalue weighted by Crippen LogP contribution is -2.51. The van der Waals surface area contributed by atoms with Crippen LogP contribution in [-0.2, 0) is 6.54 Å². The van der Waals surface area contributed by atoms with Crippen molar-refractivity contribution in [3.05, 3.63) is 54.4 Å². The maximum absolute atomic E-state index is 14.0. The van der Waals surface area contributed by atoms with Crippen LogP contribution in [0.3, 0.4) is 0 Å². The van der Waals surface area contributed by atoms with E-state index in [1.54, 1.807) is 30.9 Å². The lowest BCUT2D eigenvalue weighted by molar-refractivity contribution is 0.180. The van der Waals surface area contributed by atoms with Gasteiger partial charge in [-0.15, -0.1) is 0 Å². The van der Waals surface area contributed by atoms with E-state index in [-0.39, 0.29) is 11.6 Å².